The molecule has 36 heavy (non-hydrogen) atoms. The van der Waals surface area contributed by atoms with Crippen molar-refractivity contribution in [3.05, 3.63) is 40.9 Å². The second-order valence-electron chi connectivity index (χ2n) is 9.63. The highest BCUT2D eigenvalue weighted by Gasteiger charge is 2.34. The summed E-state index contributed by atoms with van der Waals surface area (Å²) < 4.78 is 11.6. The fourth-order valence-corrected chi connectivity index (χ4v) is 6.35. The number of carbonyl (C=O) groups excluding carboxylic acids is 2. The summed E-state index contributed by atoms with van der Waals surface area (Å²) in [5.41, 5.74) is 9.03. The number of thiophene rings is 1. The van der Waals surface area contributed by atoms with Gasteiger partial charge in [0, 0.05) is 31.1 Å². The quantitative estimate of drug-likeness (QED) is 0.469. The molecule has 3 aromatic rings. The lowest BCUT2D eigenvalue weighted by Gasteiger charge is -2.30. The summed E-state index contributed by atoms with van der Waals surface area (Å²) >= 11 is 1.29. The molecule has 3 aliphatic rings. The third-order valence-corrected chi connectivity index (χ3v) is 8.31. The molecule has 4 heterocycles. The van der Waals surface area contributed by atoms with Crippen LogP contribution in [0.1, 0.15) is 47.3 Å². The molecule has 2 fully saturated rings. The van der Waals surface area contributed by atoms with Crippen LogP contribution in [-0.2, 0) is 4.74 Å². The van der Waals surface area contributed by atoms with E-state index in [0.717, 1.165) is 54.5 Å². The highest BCUT2D eigenvalue weighted by Crippen LogP contribution is 2.46. The lowest BCUT2D eigenvalue weighted by atomic mass is 10.1. The van der Waals surface area contributed by atoms with E-state index in [2.05, 4.69) is 15.6 Å². The zero-order valence-corrected chi connectivity index (χ0v) is 20.9. The van der Waals surface area contributed by atoms with Crippen LogP contribution in [-0.4, -0.2) is 48.3 Å². The summed E-state index contributed by atoms with van der Waals surface area (Å²) in [7, 11) is 0. The summed E-state index contributed by atoms with van der Waals surface area (Å²) in [6, 6.07) is 7.17. The van der Waals surface area contributed by atoms with Crippen LogP contribution in [0.25, 0.3) is 10.2 Å². The first-order valence-corrected chi connectivity index (χ1v) is 13.3. The topological polar surface area (TPSA) is 119 Å². The molecule has 10 heteroatoms. The van der Waals surface area contributed by atoms with Gasteiger partial charge in [-0.1, -0.05) is 0 Å². The summed E-state index contributed by atoms with van der Waals surface area (Å²) in [5, 5.41) is 6.80. The van der Waals surface area contributed by atoms with E-state index in [1.165, 1.54) is 11.3 Å². The number of hydrogen-bond donors (Lipinski definition) is 3. The lowest BCUT2D eigenvalue weighted by molar-refractivity contribution is 0.0255. The number of benzene rings is 1. The van der Waals surface area contributed by atoms with Crippen molar-refractivity contribution in [3.63, 3.8) is 0 Å². The Morgan fingerprint density at radius 3 is 2.81 bits per heavy atom. The van der Waals surface area contributed by atoms with Crippen LogP contribution >= 0.6 is 11.3 Å². The molecule has 0 bridgehead atoms. The van der Waals surface area contributed by atoms with Crippen molar-refractivity contribution in [1.29, 1.82) is 0 Å². The zero-order valence-electron chi connectivity index (χ0n) is 20.1. The summed E-state index contributed by atoms with van der Waals surface area (Å²) in [6.45, 7) is 3.39. The third kappa shape index (κ3) is 4.08. The number of nitrogens with one attached hydrogen (secondary N) is 2. The largest absolute Gasteiger partial charge is 0.490 e. The summed E-state index contributed by atoms with van der Waals surface area (Å²) in [6.07, 6.45) is 6.32. The van der Waals surface area contributed by atoms with Gasteiger partial charge >= 0.3 is 6.03 Å². The average Bonchev–Trinajstić information content (AvgIpc) is 3.45. The van der Waals surface area contributed by atoms with Gasteiger partial charge in [0.15, 0.2) is 0 Å². The molecule has 6 rings (SSSR count). The maximum absolute atomic E-state index is 13.4. The van der Waals surface area contributed by atoms with E-state index < -0.39 is 0 Å². The number of hydrogen-bond acceptors (Lipinski definition) is 7. The van der Waals surface area contributed by atoms with Gasteiger partial charge in [-0.15, -0.1) is 11.3 Å². The maximum atomic E-state index is 13.4. The van der Waals surface area contributed by atoms with Gasteiger partial charge in [-0.25, -0.2) is 9.78 Å². The number of aromatic nitrogens is 1. The van der Waals surface area contributed by atoms with Crippen LogP contribution in [0.4, 0.5) is 21.9 Å². The molecule has 0 radical (unpaired) electrons. The molecule has 1 saturated carbocycles. The van der Waals surface area contributed by atoms with E-state index in [9.17, 15) is 9.59 Å². The van der Waals surface area contributed by atoms with Crippen LogP contribution in [0.5, 0.6) is 5.75 Å². The first-order valence-electron chi connectivity index (χ1n) is 12.4. The Morgan fingerprint density at radius 2 is 2.06 bits per heavy atom. The average molecular weight is 508 g/mol. The number of pyridine rings is 1. The molecule has 1 aromatic carbocycles. The number of ether oxygens (including phenoxy) is 2. The number of rotatable bonds is 5. The molecule has 2 aromatic heterocycles. The van der Waals surface area contributed by atoms with E-state index in [1.54, 1.807) is 11.1 Å². The van der Waals surface area contributed by atoms with Gasteiger partial charge in [0.1, 0.15) is 21.6 Å². The molecule has 3 amide bonds. The second kappa shape index (κ2) is 9.34. The van der Waals surface area contributed by atoms with E-state index in [1.807, 2.05) is 31.2 Å². The summed E-state index contributed by atoms with van der Waals surface area (Å²) in [5.74, 6) is 0.557. The van der Waals surface area contributed by atoms with Crippen LogP contribution in [0, 0.1) is 6.92 Å². The molecule has 188 valence electrons. The SMILES string of the molecule is Cc1cc(OC2CCOCC2)ccc1N1C(=O)Nc2c(C(=O)N[C@@H]3CCC[C@@H]3N)sc3nccc1c23. The highest BCUT2D eigenvalue weighted by molar-refractivity contribution is 7.21. The fourth-order valence-electron chi connectivity index (χ4n) is 5.32. The van der Waals surface area contributed by atoms with Gasteiger partial charge < -0.3 is 25.8 Å². The maximum Gasteiger partial charge on any atom is 0.331 e. The van der Waals surface area contributed by atoms with Crippen molar-refractivity contribution in [3.8, 4) is 5.75 Å². The Bertz CT molecular complexity index is 1340. The van der Waals surface area contributed by atoms with Gasteiger partial charge in [0.25, 0.3) is 5.91 Å². The molecule has 9 nitrogen and oxygen atoms in total. The monoisotopic (exact) mass is 507 g/mol. The first kappa shape index (κ1) is 23.2. The van der Waals surface area contributed by atoms with Crippen molar-refractivity contribution in [2.24, 2.45) is 5.73 Å². The van der Waals surface area contributed by atoms with Crippen molar-refractivity contribution in [2.75, 3.05) is 23.4 Å². The van der Waals surface area contributed by atoms with Crippen LogP contribution in [0.15, 0.2) is 30.5 Å². The van der Waals surface area contributed by atoms with Gasteiger partial charge in [0.05, 0.1) is 35.7 Å². The number of amides is 3. The smallest absolute Gasteiger partial charge is 0.331 e. The predicted molar refractivity (Wildman–Crippen MR) is 140 cm³/mol. The van der Waals surface area contributed by atoms with Crippen molar-refractivity contribution >= 4 is 50.6 Å². The lowest BCUT2D eigenvalue weighted by Crippen LogP contribution is -2.44. The van der Waals surface area contributed by atoms with Crippen LogP contribution in [0.2, 0.25) is 0 Å². The fraction of sp³-hybridized carbons (Fsp3) is 0.423. The normalized spacial score (nSPS) is 22.1. The number of urea groups is 1. The molecule has 2 atom stereocenters. The molecule has 1 saturated heterocycles. The molecular weight excluding hydrogens is 478 g/mol. The third-order valence-electron chi connectivity index (χ3n) is 7.22. The first-order chi connectivity index (χ1) is 17.5. The highest BCUT2D eigenvalue weighted by atomic mass is 32.1. The Morgan fingerprint density at radius 1 is 1.22 bits per heavy atom. The van der Waals surface area contributed by atoms with E-state index in [4.69, 9.17) is 15.2 Å². The Labute approximate surface area is 213 Å². The van der Waals surface area contributed by atoms with Crippen LogP contribution in [0.3, 0.4) is 0 Å². The molecule has 0 spiro atoms. The number of nitrogens with two attached hydrogens (primary N) is 1. The number of nitrogens with zero attached hydrogens (tertiary/aromatic N) is 2. The molecule has 1 aliphatic carbocycles. The molecule has 2 aliphatic heterocycles. The van der Waals surface area contributed by atoms with E-state index in [0.29, 0.717) is 34.3 Å². The minimum absolute atomic E-state index is 0.0418. The molecule has 0 unspecified atom stereocenters. The van der Waals surface area contributed by atoms with Crippen molar-refractivity contribution in [2.45, 2.75) is 57.2 Å². The van der Waals surface area contributed by atoms with Gasteiger partial charge in [-0.3, -0.25) is 9.69 Å². The minimum atomic E-state index is -0.318. The van der Waals surface area contributed by atoms with Gasteiger partial charge in [-0.2, -0.15) is 0 Å². The molecular formula is C26H29N5O4S. The Balaban J connectivity index is 1.32. The number of carbonyl (C=O) groups is 2. The Hall–Kier alpha value is -3.21. The number of anilines is 3. The second-order valence-corrected chi connectivity index (χ2v) is 10.6. The zero-order chi connectivity index (χ0) is 24.8. The standard InChI is InChI=1S/C26H29N5O4S/c1-14-13-16(35-15-8-11-34-12-9-15)5-6-19(14)31-20-7-10-28-25-21(20)22(30-26(31)33)23(36-25)24(32)29-18-4-2-3-17(18)27/h5-7,10,13,15,17-18H,2-4,8-9,11-12,27H2,1H3,(H,29,32)(H,30,33)/t17-,18+/m0/s1. The van der Waals surface area contributed by atoms with E-state index >= 15 is 0 Å². The number of aryl methyl sites for hydroxylation is 1. The van der Waals surface area contributed by atoms with Crippen LogP contribution < -0.4 is 26.0 Å². The predicted octanol–water partition coefficient (Wildman–Crippen LogP) is 4.46. The minimum Gasteiger partial charge on any atom is -0.490 e. The summed E-state index contributed by atoms with van der Waals surface area (Å²) in [4.78, 5) is 33.9. The van der Waals surface area contributed by atoms with Crippen molar-refractivity contribution in [1.82, 2.24) is 10.3 Å². The van der Waals surface area contributed by atoms with Gasteiger partial charge in [-0.05, 0) is 56.0 Å². The van der Waals surface area contributed by atoms with Crippen molar-refractivity contribution < 1.29 is 19.1 Å². The van der Waals surface area contributed by atoms with Gasteiger partial charge in [0.2, 0.25) is 0 Å². The van der Waals surface area contributed by atoms with E-state index in [-0.39, 0.29) is 30.1 Å². The molecule has 4 N–H and O–H groups in total. The Kier molecular flexibility index (Phi) is 6.02.